The molecule has 1 unspecified atom stereocenters. The van der Waals surface area contributed by atoms with Gasteiger partial charge in [-0.1, -0.05) is 103 Å². The molecule has 3 aliphatic carbocycles. The Morgan fingerprint density at radius 3 is 2.59 bits per heavy atom. The van der Waals surface area contributed by atoms with E-state index in [-0.39, 0.29) is 11.7 Å². The summed E-state index contributed by atoms with van der Waals surface area (Å²) in [6.07, 6.45) is 17.5. The Morgan fingerprint density at radius 1 is 0.892 bits per heavy atom. The Bertz CT molecular complexity index is 1620. The molecule has 1 heterocycles. The van der Waals surface area contributed by atoms with Gasteiger partial charge in [-0.2, -0.15) is 0 Å². The lowest BCUT2D eigenvalue weighted by Crippen LogP contribution is -2.34. The Labute approximate surface area is 218 Å². The van der Waals surface area contributed by atoms with Gasteiger partial charge in [-0.15, -0.1) is 0 Å². The van der Waals surface area contributed by atoms with E-state index in [0.29, 0.717) is 12.5 Å². The normalized spacial score (nSPS) is 20.5. The van der Waals surface area contributed by atoms with Crippen molar-refractivity contribution >= 4 is 29.9 Å². The van der Waals surface area contributed by atoms with Gasteiger partial charge >= 0.3 is 0 Å². The lowest BCUT2D eigenvalue weighted by molar-refractivity contribution is 0.358. The molecule has 0 N–H and O–H groups in total. The van der Waals surface area contributed by atoms with E-state index in [9.17, 15) is 4.39 Å². The Morgan fingerprint density at radius 2 is 1.73 bits per heavy atom. The number of para-hydroxylation sites is 1. The summed E-state index contributed by atoms with van der Waals surface area (Å²) in [6, 6.07) is 19.7. The number of rotatable bonds is 1. The molecule has 2 heteroatoms. The molecule has 0 amide bonds. The summed E-state index contributed by atoms with van der Waals surface area (Å²) in [5.74, 6) is 1.51. The molecule has 37 heavy (non-hydrogen) atoms. The summed E-state index contributed by atoms with van der Waals surface area (Å²) < 4.78 is 19.6. The van der Waals surface area contributed by atoms with Crippen LogP contribution in [0.4, 0.5) is 4.39 Å². The number of halogens is 1. The van der Waals surface area contributed by atoms with Crippen LogP contribution in [-0.2, 0) is 0 Å². The minimum Gasteiger partial charge on any atom is -0.489 e. The fraction of sp³-hybridized carbons (Fsp3) is 0.200. The van der Waals surface area contributed by atoms with Crippen molar-refractivity contribution in [2.45, 2.75) is 32.6 Å². The van der Waals surface area contributed by atoms with Crippen LogP contribution in [0.15, 0.2) is 90.0 Å². The fourth-order valence-electron chi connectivity index (χ4n) is 5.70. The van der Waals surface area contributed by atoms with Crippen LogP contribution in [0.5, 0.6) is 5.75 Å². The van der Waals surface area contributed by atoms with Gasteiger partial charge < -0.3 is 4.74 Å². The van der Waals surface area contributed by atoms with E-state index in [1.807, 2.05) is 42.5 Å². The number of allylic oxidation sites excluding steroid dienone is 5. The van der Waals surface area contributed by atoms with Crippen molar-refractivity contribution < 1.29 is 9.13 Å². The molecule has 0 radical (unpaired) electrons. The minimum absolute atomic E-state index is 0.101. The molecule has 0 saturated carbocycles. The zero-order chi connectivity index (χ0) is 25.4. The van der Waals surface area contributed by atoms with Crippen molar-refractivity contribution in [3.8, 4) is 5.75 Å². The summed E-state index contributed by atoms with van der Waals surface area (Å²) >= 11 is 0. The summed E-state index contributed by atoms with van der Waals surface area (Å²) in [5.41, 5.74) is 8.82. The van der Waals surface area contributed by atoms with E-state index in [1.165, 1.54) is 43.8 Å². The van der Waals surface area contributed by atoms with Gasteiger partial charge in [-0.3, -0.25) is 0 Å². The molecule has 0 aromatic heterocycles. The van der Waals surface area contributed by atoms with Crippen LogP contribution in [0.25, 0.3) is 29.9 Å². The molecule has 2 atom stereocenters. The third-order valence-corrected chi connectivity index (χ3v) is 7.88. The molecule has 3 aromatic carbocycles. The second-order valence-corrected chi connectivity index (χ2v) is 10.2. The number of ether oxygens (including phenoxy) is 1. The monoisotopic (exact) mass is 486 g/mol. The van der Waals surface area contributed by atoms with E-state index in [0.717, 1.165) is 24.2 Å². The van der Waals surface area contributed by atoms with E-state index in [2.05, 4.69) is 62.4 Å². The number of hydrogen-bond donors (Lipinski definition) is 0. The largest absolute Gasteiger partial charge is 0.489 e. The van der Waals surface area contributed by atoms with Gasteiger partial charge in [0.15, 0.2) is 0 Å². The zero-order valence-corrected chi connectivity index (χ0v) is 21.4. The maximum Gasteiger partial charge on any atom is 0.127 e. The highest BCUT2D eigenvalue weighted by molar-refractivity contribution is 5.83. The lowest BCUT2D eigenvalue weighted by Gasteiger charge is -2.26. The second-order valence-electron chi connectivity index (χ2n) is 10.2. The van der Waals surface area contributed by atoms with Gasteiger partial charge in [0.05, 0.1) is 0 Å². The smallest absolute Gasteiger partial charge is 0.127 e. The zero-order valence-electron chi connectivity index (χ0n) is 21.4. The topological polar surface area (TPSA) is 9.23 Å². The van der Waals surface area contributed by atoms with E-state index < -0.39 is 0 Å². The van der Waals surface area contributed by atoms with Crippen molar-refractivity contribution in [1.29, 1.82) is 0 Å². The molecular formula is C35H31FO. The Hall–Kier alpha value is -3.91. The highest BCUT2D eigenvalue weighted by Gasteiger charge is 2.23. The summed E-state index contributed by atoms with van der Waals surface area (Å²) in [5, 5.41) is 2.75. The van der Waals surface area contributed by atoms with Crippen LogP contribution in [0.2, 0.25) is 0 Å². The predicted molar refractivity (Wildman–Crippen MR) is 153 cm³/mol. The van der Waals surface area contributed by atoms with Crippen LogP contribution >= 0.6 is 0 Å². The first-order chi connectivity index (χ1) is 18.1. The first kappa shape index (κ1) is 23.5. The number of benzene rings is 3. The first-order valence-electron chi connectivity index (χ1n) is 13.1. The molecule has 0 spiro atoms. The van der Waals surface area contributed by atoms with Crippen LogP contribution < -0.4 is 15.2 Å². The van der Waals surface area contributed by atoms with Gasteiger partial charge in [-0.05, 0) is 76.6 Å². The average molecular weight is 487 g/mol. The molecule has 7 rings (SSSR count). The molecule has 4 aliphatic rings. The van der Waals surface area contributed by atoms with E-state index >= 15 is 0 Å². The number of fused-ring (bicyclic) bond motifs is 5. The highest BCUT2D eigenvalue weighted by Crippen LogP contribution is 2.38. The Balaban J connectivity index is 0.000000210. The van der Waals surface area contributed by atoms with Gasteiger partial charge in [-0.25, -0.2) is 4.39 Å². The van der Waals surface area contributed by atoms with Crippen molar-refractivity contribution in [2.24, 2.45) is 5.92 Å². The molecule has 0 saturated heterocycles. The maximum atomic E-state index is 14.2. The third kappa shape index (κ3) is 4.53. The molecule has 1 aliphatic heterocycles. The quantitative estimate of drug-likeness (QED) is 0.347. The number of hydrogen-bond acceptors (Lipinski definition) is 1. The standard InChI is InChI=1S/C26H23F.C9H8O/c1-16-13-18-8-11-23-21-10-7-20(22-5-3-4-6-26(22)27)15-19(21)9-12-24(23)25(18)14-17(16)2;1-2-6-9-8(4-1)5-3-7-10-9/h3-8,10-14,17,20H,9,15H2,1-2H3;1-6H,7H2/t17?,20-;/m1./s1. The van der Waals surface area contributed by atoms with Gasteiger partial charge in [0.2, 0.25) is 0 Å². The van der Waals surface area contributed by atoms with E-state index in [1.54, 1.807) is 12.1 Å². The fourth-order valence-corrected chi connectivity index (χ4v) is 5.70. The van der Waals surface area contributed by atoms with Crippen LogP contribution in [0, 0.1) is 11.7 Å². The van der Waals surface area contributed by atoms with Gasteiger partial charge in [0.1, 0.15) is 18.2 Å². The second kappa shape index (κ2) is 9.86. The van der Waals surface area contributed by atoms with Crippen molar-refractivity contribution in [3.05, 3.63) is 129 Å². The van der Waals surface area contributed by atoms with Crippen LogP contribution in [0.1, 0.15) is 54.9 Å². The SMILES string of the molecule is C1=Cc2ccccc2OC1.CC1=Cc2ccc3c(c2=CC1C)=CCC1=C3C=C[C@@H](c2ccccc2F)C1. The third-order valence-electron chi connectivity index (χ3n) is 7.88. The summed E-state index contributed by atoms with van der Waals surface area (Å²) in [4.78, 5) is 0. The molecule has 1 nitrogen and oxygen atoms in total. The van der Waals surface area contributed by atoms with Crippen molar-refractivity contribution in [2.75, 3.05) is 6.61 Å². The van der Waals surface area contributed by atoms with Crippen LogP contribution in [-0.4, -0.2) is 6.61 Å². The highest BCUT2D eigenvalue weighted by atomic mass is 19.1. The summed E-state index contributed by atoms with van der Waals surface area (Å²) in [7, 11) is 0. The first-order valence-corrected chi connectivity index (χ1v) is 13.1. The van der Waals surface area contributed by atoms with Crippen LogP contribution in [0.3, 0.4) is 0 Å². The maximum absolute atomic E-state index is 14.2. The molecular weight excluding hydrogens is 455 g/mol. The van der Waals surface area contributed by atoms with Crippen molar-refractivity contribution in [1.82, 2.24) is 0 Å². The van der Waals surface area contributed by atoms with Crippen molar-refractivity contribution in [3.63, 3.8) is 0 Å². The van der Waals surface area contributed by atoms with E-state index in [4.69, 9.17) is 4.74 Å². The molecule has 184 valence electrons. The average Bonchev–Trinajstić information content (AvgIpc) is 2.94. The lowest BCUT2D eigenvalue weighted by atomic mass is 9.78. The predicted octanol–water partition coefficient (Wildman–Crippen LogP) is 7.43. The molecule has 0 fully saturated rings. The Kier molecular flexibility index (Phi) is 6.26. The summed E-state index contributed by atoms with van der Waals surface area (Å²) in [6.45, 7) is 5.18. The van der Waals surface area contributed by atoms with Gasteiger partial charge in [0.25, 0.3) is 0 Å². The van der Waals surface area contributed by atoms with Gasteiger partial charge in [0, 0.05) is 11.5 Å². The molecule has 0 bridgehead atoms. The minimum atomic E-state index is -0.101. The molecule has 3 aromatic rings.